The topological polar surface area (TPSA) is 115 Å². The van der Waals surface area contributed by atoms with Crippen LogP contribution in [0, 0.1) is 17.0 Å². The summed E-state index contributed by atoms with van der Waals surface area (Å²) in [5, 5.41) is 10.8. The molecule has 2 aromatic rings. The SMILES string of the molecule is Cc1cc(Br)cnc1CCCCN=C1NS(=O)(=O)c2cc([N+](=O)[O-])ccc21. The van der Waals surface area contributed by atoms with E-state index < -0.39 is 14.9 Å². The number of nitro benzene ring substituents is 1. The second kappa shape index (κ2) is 7.73. The Balaban J connectivity index is 1.64. The zero-order valence-electron chi connectivity index (χ0n) is 14.5. The van der Waals surface area contributed by atoms with Gasteiger partial charge in [0, 0.05) is 40.6 Å². The maximum atomic E-state index is 12.2. The predicted molar refractivity (Wildman–Crippen MR) is 104 cm³/mol. The summed E-state index contributed by atoms with van der Waals surface area (Å²) >= 11 is 3.39. The lowest BCUT2D eigenvalue weighted by Gasteiger charge is -2.04. The van der Waals surface area contributed by atoms with Gasteiger partial charge >= 0.3 is 0 Å². The number of non-ortho nitro benzene ring substituents is 1. The van der Waals surface area contributed by atoms with E-state index in [9.17, 15) is 18.5 Å². The first kappa shape index (κ1) is 19.4. The third-order valence-corrected chi connectivity index (χ3v) is 6.01. The van der Waals surface area contributed by atoms with Crippen molar-refractivity contribution in [3.05, 3.63) is 61.9 Å². The molecule has 0 atom stereocenters. The number of benzene rings is 1. The first-order valence-corrected chi connectivity index (χ1v) is 10.5. The van der Waals surface area contributed by atoms with Crippen molar-refractivity contribution in [2.45, 2.75) is 31.1 Å². The molecule has 1 aromatic heterocycles. The standard InChI is InChI=1S/C17H17BrN4O4S/c1-11-8-12(18)10-20-15(11)4-2-3-7-19-17-14-6-5-13(22(23)24)9-16(14)27(25,26)21-17/h5-6,8-10H,2-4,7H2,1H3,(H,19,21). The zero-order valence-corrected chi connectivity index (χ0v) is 16.9. The van der Waals surface area contributed by atoms with E-state index in [0.29, 0.717) is 12.1 Å². The number of nitrogens with zero attached hydrogens (tertiary/aromatic N) is 3. The summed E-state index contributed by atoms with van der Waals surface area (Å²) in [6.45, 7) is 2.46. The molecule has 0 aliphatic carbocycles. The van der Waals surface area contributed by atoms with Crippen LogP contribution in [0.1, 0.15) is 29.7 Å². The molecule has 27 heavy (non-hydrogen) atoms. The maximum Gasteiger partial charge on any atom is 0.270 e. The fraction of sp³-hybridized carbons (Fsp3) is 0.294. The molecule has 0 fully saturated rings. The summed E-state index contributed by atoms with van der Waals surface area (Å²) in [6.07, 6.45) is 4.22. The van der Waals surface area contributed by atoms with E-state index in [0.717, 1.165) is 41.1 Å². The smallest absolute Gasteiger partial charge is 0.267 e. The van der Waals surface area contributed by atoms with Crippen molar-refractivity contribution in [3.63, 3.8) is 0 Å². The van der Waals surface area contributed by atoms with E-state index >= 15 is 0 Å². The number of aryl methyl sites for hydroxylation is 2. The molecule has 1 N–H and O–H groups in total. The van der Waals surface area contributed by atoms with Crippen LogP contribution in [-0.4, -0.2) is 30.7 Å². The Bertz CT molecular complexity index is 1040. The van der Waals surface area contributed by atoms with Gasteiger partial charge in [0.05, 0.1) is 4.92 Å². The molecule has 8 nitrogen and oxygen atoms in total. The number of fused-ring (bicyclic) bond motifs is 1. The summed E-state index contributed by atoms with van der Waals surface area (Å²) in [6, 6.07) is 5.77. The number of hydrogen-bond donors (Lipinski definition) is 1. The Morgan fingerprint density at radius 2 is 2.07 bits per heavy atom. The van der Waals surface area contributed by atoms with Crippen LogP contribution >= 0.6 is 15.9 Å². The lowest BCUT2D eigenvalue weighted by molar-refractivity contribution is -0.385. The van der Waals surface area contributed by atoms with E-state index in [1.165, 1.54) is 12.1 Å². The van der Waals surface area contributed by atoms with Crippen molar-refractivity contribution in [1.82, 2.24) is 9.71 Å². The van der Waals surface area contributed by atoms with Crippen molar-refractivity contribution < 1.29 is 13.3 Å². The van der Waals surface area contributed by atoms with Gasteiger partial charge in [-0.25, -0.2) is 8.42 Å². The van der Waals surface area contributed by atoms with E-state index in [-0.39, 0.29) is 16.4 Å². The number of rotatable bonds is 6. The summed E-state index contributed by atoms with van der Waals surface area (Å²) in [7, 11) is -3.81. The van der Waals surface area contributed by atoms with E-state index in [4.69, 9.17) is 0 Å². The molecular formula is C17H17BrN4O4S. The summed E-state index contributed by atoms with van der Waals surface area (Å²) in [5.74, 6) is 0.234. The van der Waals surface area contributed by atoms with Crippen molar-refractivity contribution >= 4 is 37.5 Å². The zero-order chi connectivity index (χ0) is 19.6. The monoisotopic (exact) mass is 452 g/mol. The summed E-state index contributed by atoms with van der Waals surface area (Å²) in [5.41, 5.74) is 2.25. The Kier molecular flexibility index (Phi) is 5.56. The van der Waals surface area contributed by atoms with E-state index in [2.05, 4.69) is 30.6 Å². The molecule has 0 radical (unpaired) electrons. The second-order valence-corrected chi connectivity index (χ2v) is 8.71. The maximum absolute atomic E-state index is 12.2. The molecule has 1 aliphatic rings. The average Bonchev–Trinajstić information content (AvgIpc) is 2.86. The number of pyridine rings is 1. The van der Waals surface area contributed by atoms with Gasteiger partial charge in [0.15, 0.2) is 0 Å². The highest BCUT2D eigenvalue weighted by Crippen LogP contribution is 2.27. The van der Waals surface area contributed by atoms with E-state index in [1.807, 2.05) is 13.0 Å². The quantitative estimate of drug-likeness (QED) is 0.410. The van der Waals surface area contributed by atoms with Gasteiger partial charge < -0.3 is 0 Å². The van der Waals surface area contributed by atoms with Crippen molar-refractivity contribution in [2.24, 2.45) is 4.99 Å². The Morgan fingerprint density at radius 1 is 1.30 bits per heavy atom. The summed E-state index contributed by atoms with van der Waals surface area (Å²) < 4.78 is 27.6. The van der Waals surface area contributed by atoms with E-state index in [1.54, 1.807) is 6.20 Å². The molecule has 0 unspecified atom stereocenters. The number of nitrogens with one attached hydrogen (secondary N) is 1. The molecule has 142 valence electrons. The van der Waals surface area contributed by atoms with Crippen LogP contribution < -0.4 is 4.72 Å². The third kappa shape index (κ3) is 4.33. The molecule has 1 aromatic carbocycles. The normalized spacial score (nSPS) is 16.1. The number of nitro groups is 1. The van der Waals surface area contributed by atoms with Gasteiger partial charge in [-0.3, -0.25) is 24.8 Å². The lowest BCUT2D eigenvalue weighted by Crippen LogP contribution is -2.22. The molecule has 0 spiro atoms. The highest BCUT2D eigenvalue weighted by molar-refractivity contribution is 9.10. The Labute approximate surface area is 165 Å². The molecule has 0 saturated heterocycles. The lowest BCUT2D eigenvalue weighted by atomic mass is 10.1. The molecule has 0 amide bonds. The van der Waals surface area contributed by atoms with Gasteiger partial charge in [-0.2, -0.15) is 0 Å². The minimum atomic E-state index is -3.81. The summed E-state index contributed by atoms with van der Waals surface area (Å²) in [4.78, 5) is 18.8. The number of aliphatic imine (C=N–C) groups is 1. The first-order chi connectivity index (χ1) is 12.8. The van der Waals surface area contributed by atoms with Gasteiger partial charge in [-0.05, 0) is 59.8 Å². The van der Waals surface area contributed by atoms with Gasteiger partial charge in [0.25, 0.3) is 15.7 Å². The predicted octanol–water partition coefficient (Wildman–Crippen LogP) is 3.12. The third-order valence-electron chi connectivity index (χ3n) is 4.20. The van der Waals surface area contributed by atoms with Crippen LogP contribution in [0.5, 0.6) is 0 Å². The molecule has 2 heterocycles. The molecule has 0 bridgehead atoms. The van der Waals surface area contributed by atoms with Crippen molar-refractivity contribution in [3.8, 4) is 0 Å². The van der Waals surface area contributed by atoms with Gasteiger partial charge in [0.2, 0.25) is 0 Å². The van der Waals surface area contributed by atoms with Crippen LogP contribution in [0.15, 0.2) is 44.8 Å². The molecule has 10 heteroatoms. The minimum Gasteiger partial charge on any atom is -0.267 e. The average molecular weight is 453 g/mol. The van der Waals surface area contributed by atoms with Crippen LogP contribution in [0.25, 0.3) is 0 Å². The number of hydrogen-bond acceptors (Lipinski definition) is 6. The number of aromatic nitrogens is 1. The van der Waals surface area contributed by atoms with Gasteiger partial charge in [-0.15, -0.1) is 0 Å². The number of sulfonamides is 1. The molecule has 3 rings (SSSR count). The molecular weight excluding hydrogens is 436 g/mol. The number of amidine groups is 1. The van der Waals surface area contributed by atoms with Crippen molar-refractivity contribution in [2.75, 3.05) is 6.54 Å². The van der Waals surface area contributed by atoms with Crippen LogP contribution in [-0.2, 0) is 16.4 Å². The Hall–Kier alpha value is -2.33. The van der Waals surface area contributed by atoms with Crippen LogP contribution in [0.4, 0.5) is 5.69 Å². The van der Waals surface area contributed by atoms with Crippen molar-refractivity contribution in [1.29, 1.82) is 0 Å². The highest BCUT2D eigenvalue weighted by Gasteiger charge is 2.32. The highest BCUT2D eigenvalue weighted by atomic mass is 79.9. The minimum absolute atomic E-state index is 0.106. The second-order valence-electron chi connectivity index (χ2n) is 6.15. The largest absolute Gasteiger partial charge is 0.270 e. The number of halogens is 1. The van der Waals surface area contributed by atoms with Crippen LogP contribution in [0.3, 0.4) is 0 Å². The fourth-order valence-corrected chi connectivity index (χ4v) is 4.54. The first-order valence-electron chi connectivity index (χ1n) is 8.25. The molecule has 0 saturated carbocycles. The Morgan fingerprint density at radius 3 is 2.78 bits per heavy atom. The van der Waals surface area contributed by atoms with Gasteiger partial charge in [0.1, 0.15) is 10.7 Å². The molecule has 1 aliphatic heterocycles. The van der Waals surface area contributed by atoms with Gasteiger partial charge in [-0.1, -0.05) is 0 Å². The number of unbranched alkanes of at least 4 members (excludes halogenated alkanes) is 1. The van der Waals surface area contributed by atoms with Crippen LogP contribution in [0.2, 0.25) is 0 Å². The fourth-order valence-electron chi connectivity index (χ4n) is 2.82.